The minimum Gasteiger partial charge on any atom is -0.368 e. The number of likely N-dealkylation sites (tertiary alicyclic amines) is 1. The van der Waals surface area contributed by atoms with Crippen LogP contribution in [0.2, 0.25) is 0 Å². The van der Waals surface area contributed by atoms with E-state index in [4.69, 9.17) is 5.73 Å². The number of piperidine rings is 1. The first-order valence-corrected chi connectivity index (χ1v) is 5.49. The summed E-state index contributed by atoms with van der Waals surface area (Å²) >= 11 is 0. The minimum absolute atomic E-state index is 0.0499. The normalized spacial score (nSPS) is 24.5. The van der Waals surface area contributed by atoms with Crippen LogP contribution < -0.4 is 5.73 Å². The lowest BCUT2D eigenvalue weighted by Crippen LogP contribution is -2.49. The van der Waals surface area contributed by atoms with Crippen molar-refractivity contribution in [1.29, 1.82) is 0 Å². The Hall–Kier alpha value is -0.570. The fraction of sp³-hybridized carbons (Fsp3) is 0.909. The smallest absolute Gasteiger partial charge is 0.234 e. The van der Waals surface area contributed by atoms with Crippen LogP contribution in [0.4, 0.5) is 0 Å². The van der Waals surface area contributed by atoms with Crippen molar-refractivity contribution in [3.63, 3.8) is 0 Å². The van der Waals surface area contributed by atoms with Crippen LogP contribution in [-0.4, -0.2) is 29.9 Å². The van der Waals surface area contributed by atoms with Gasteiger partial charge >= 0.3 is 0 Å². The standard InChI is InChI=1S/C11H22N2O/c1-4-9(10(12)14)13-7-5-11(2,3)6-8-13/h9H,4-8H2,1-3H3,(H2,12,14). The van der Waals surface area contributed by atoms with Crippen molar-refractivity contribution in [1.82, 2.24) is 4.90 Å². The molecular formula is C11H22N2O. The third-order valence-electron chi connectivity index (χ3n) is 3.31. The van der Waals surface area contributed by atoms with Crippen LogP contribution in [0.25, 0.3) is 0 Å². The number of nitrogens with two attached hydrogens (primary N) is 1. The molecule has 1 amide bonds. The largest absolute Gasteiger partial charge is 0.368 e. The molecule has 1 aliphatic rings. The summed E-state index contributed by atoms with van der Waals surface area (Å²) in [5.41, 5.74) is 5.80. The van der Waals surface area contributed by atoms with Crippen molar-refractivity contribution in [2.45, 2.75) is 46.1 Å². The Morgan fingerprint density at radius 2 is 1.93 bits per heavy atom. The monoisotopic (exact) mass is 198 g/mol. The molecule has 82 valence electrons. The minimum atomic E-state index is -0.174. The molecule has 1 aliphatic heterocycles. The first kappa shape index (κ1) is 11.5. The van der Waals surface area contributed by atoms with E-state index >= 15 is 0 Å². The number of rotatable bonds is 3. The molecule has 0 saturated carbocycles. The van der Waals surface area contributed by atoms with Crippen molar-refractivity contribution >= 4 is 5.91 Å². The number of primary amides is 1. The maximum atomic E-state index is 11.2. The van der Waals surface area contributed by atoms with Crippen molar-refractivity contribution < 1.29 is 4.79 Å². The van der Waals surface area contributed by atoms with E-state index in [1.165, 1.54) is 0 Å². The van der Waals surface area contributed by atoms with Crippen molar-refractivity contribution in [3.05, 3.63) is 0 Å². The quantitative estimate of drug-likeness (QED) is 0.744. The van der Waals surface area contributed by atoms with Gasteiger partial charge in [-0.25, -0.2) is 0 Å². The molecule has 1 unspecified atom stereocenters. The average Bonchev–Trinajstić information content (AvgIpc) is 2.08. The summed E-state index contributed by atoms with van der Waals surface area (Å²) in [6.45, 7) is 8.61. The Balaban J connectivity index is 2.51. The molecule has 1 saturated heterocycles. The lowest BCUT2D eigenvalue weighted by molar-refractivity contribution is -0.124. The number of amides is 1. The Morgan fingerprint density at radius 1 is 1.43 bits per heavy atom. The number of nitrogens with zero attached hydrogens (tertiary/aromatic N) is 1. The summed E-state index contributed by atoms with van der Waals surface area (Å²) in [5.74, 6) is -0.174. The van der Waals surface area contributed by atoms with Crippen LogP contribution in [-0.2, 0) is 4.79 Å². The van der Waals surface area contributed by atoms with Crippen molar-refractivity contribution in [3.8, 4) is 0 Å². The zero-order valence-corrected chi connectivity index (χ0v) is 9.55. The molecule has 3 nitrogen and oxygen atoms in total. The number of hydrogen-bond donors (Lipinski definition) is 1. The highest BCUT2D eigenvalue weighted by Gasteiger charge is 2.30. The molecule has 0 aliphatic carbocycles. The summed E-state index contributed by atoms with van der Waals surface area (Å²) in [6.07, 6.45) is 3.16. The van der Waals surface area contributed by atoms with Gasteiger partial charge in [-0.1, -0.05) is 20.8 Å². The van der Waals surface area contributed by atoms with Crippen LogP contribution in [0.5, 0.6) is 0 Å². The summed E-state index contributed by atoms with van der Waals surface area (Å²) in [5, 5.41) is 0. The fourth-order valence-electron chi connectivity index (χ4n) is 2.08. The fourth-order valence-corrected chi connectivity index (χ4v) is 2.08. The van der Waals surface area contributed by atoms with Gasteiger partial charge in [0.15, 0.2) is 0 Å². The first-order chi connectivity index (χ1) is 6.46. The number of hydrogen-bond acceptors (Lipinski definition) is 2. The van der Waals surface area contributed by atoms with Gasteiger partial charge in [0.05, 0.1) is 6.04 Å². The Kier molecular flexibility index (Phi) is 3.53. The van der Waals surface area contributed by atoms with Crippen LogP contribution in [0, 0.1) is 5.41 Å². The predicted molar refractivity (Wildman–Crippen MR) is 57.9 cm³/mol. The van der Waals surface area contributed by atoms with Crippen LogP contribution >= 0.6 is 0 Å². The highest BCUT2D eigenvalue weighted by Crippen LogP contribution is 2.30. The molecule has 1 heterocycles. The third kappa shape index (κ3) is 2.71. The van der Waals surface area contributed by atoms with E-state index < -0.39 is 0 Å². The molecular weight excluding hydrogens is 176 g/mol. The zero-order chi connectivity index (χ0) is 10.8. The Labute approximate surface area is 86.6 Å². The van der Waals surface area contributed by atoms with Crippen LogP contribution in [0.1, 0.15) is 40.0 Å². The van der Waals surface area contributed by atoms with Crippen LogP contribution in [0.3, 0.4) is 0 Å². The van der Waals surface area contributed by atoms with Gasteiger partial charge in [0.2, 0.25) is 5.91 Å². The molecule has 1 rings (SSSR count). The molecule has 14 heavy (non-hydrogen) atoms. The van der Waals surface area contributed by atoms with Gasteiger partial charge in [-0.3, -0.25) is 9.69 Å². The topological polar surface area (TPSA) is 46.3 Å². The molecule has 0 bridgehead atoms. The lowest BCUT2D eigenvalue weighted by Gasteiger charge is -2.39. The Morgan fingerprint density at radius 3 is 2.29 bits per heavy atom. The van der Waals surface area contributed by atoms with Gasteiger partial charge in [0.25, 0.3) is 0 Å². The molecule has 3 heteroatoms. The molecule has 1 fully saturated rings. The van der Waals surface area contributed by atoms with E-state index in [9.17, 15) is 4.79 Å². The molecule has 0 aromatic rings. The Bertz CT molecular complexity index is 203. The summed E-state index contributed by atoms with van der Waals surface area (Å²) in [6, 6.07) is -0.0499. The maximum Gasteiger partial charge on any atom is 0.234 e. The lowest BCUT2D eigenvalue weighted by atomic mass is 9.82. The van der Waals surface area contributed by atoms with Gasteiger partial charge < -0.3 is 5.73 Å². The predicted octanol–water partition coefficient (Wildman–Crippen LogP) is 1.37. The van der Waals surface area contributed by atoms with E-state index in [0.29, 0.717) is 5.41 Å². The van der Waals surface area contributed by atoms with E-state index in [2.05, 4.69) is 18.7 Å². The second kappa shape index (κ2) is 4.30. The van der Waals surface area contributed by atoms with E-state index in [1.807, 2.05) is 6.92 Å². The van der Waals surface area contributed by atoms with Gasteiger partial charge in [-0.2, -0.15) is 0 Å². The first-order valence-electron chi connectivity index (χ1n) is 5.49. The van der Waals surface area contributed by atoms with Crippen molar-refractivity contribution in [2.24, 2.45) is 11.1 Å². The SMILES string of the molecule is CCC(C(N)=O)N1CCC(C)(C)CC1. The van der Waals surface area contributed by atoms with Gasteiger partial charge in [0.1, 0.15) is 0 Å². The number of carbonyl (C=O) groups excluding carboxylic acids is 1. The summed E-state index contributed by atoms with van der Waals surface area (Å²) < 4.78 is 0. The maximum absolute atomic E-state index is 11.2. The van der Waals surface area contributed by atoms with Crippen LogP contribution in [0.15, 0.2) is 0 Å². The van der Waals surface area contributed by atoms with Gasteiger partial charge in [-0.15, -0.1) is 0 Å². The highest BCUT2D eigenvalue weighted by molar-refractivity contribution is 5.79. The van der Waals surface area contributed by atoms with Gasteiger partial charge in [-0.05, 0) is 37.8 Å². The van der Waals surface area contributed by atoms with Crippen molar-refractivity contribution in [2.75, 3.05) is 13.1 Å². The number of carbonyl (C=O) groups is 1. The molecule has 0 spiro atoms. The van der Waals surface area contributed by atoms with E-state index in [1.54, 1.807) is 0 Å². The summed E-state index contributed by atoms with van der Waals surface area (Å²) in [4.78, 5) is 13.4. The highest BCUT2D eigenvalue weighted by atomic mass is 16.1. The molecule has 2 N–H and O–H groups in total. The average molecular weight is 198 g/mol. The molecule has 0 aromatic carbocycles. The molecule has 0 radical (unpaired) electrons. The summed E-state index contributed by atoms with van der Waals surface area (Å²) in [7, 11) is 0. The van der Waals surface area contributed by atoms with Gasteiger partial charge in [0, 0.05) is 0 Å². The molecule has 1 atom stereocenters. The zero-order valence-electron chi connectivity index (χ0n) is 9.55. The second-order valence-electron chi connectivity index (χ2n) is 5.03. The third-order valence-corrected chi connectivity index (χ3v) is 3.31. The molecule has 0 aromatic heterocycles. The van der Waals surface area contributed by atoms with E-state index in [0.717, 1.165) is 32.4 Å². The second-order valence-corrected chi connectivity index (χ2v) is 5.03. The van der Waals surface area contributed by atoms with E-state index in [-0.39, 0.29) is 11.9 Å².